The summed E-state index contributed by atoms with van der Waals surface area (Å²) in [5.41, 5.74) is 10.3. The summed E-state index contributed by atoms with van der Waals surface area (Å²) in [6.45, 7) is 6.80. The third-order valence-corrected chi connectivity index (χ3v) is 4.47. The van der Waals surface area contributed by atoms with Crippen molar-refractivity contribution in [1.29, 1.82) is 0 Å². The van der Waals surface area contributed by atoms with E-state index in [2.05, 4.69) is 38.2 Å². The lowest BCUT2D eigenvalue weighted by atomic mass is 9.78. The molecule has 3 nitrogen and oxygen atoms in total. The molecule has 2 unspecified atom stereocenters. The highest BCUT2D eigenvalue weighted by Gasteiger charge is 2.30. The van der Waals surface area contributed by atoms with E-state index in [9.17, 15) is 4.79 Å². The van der Waals surface area contributed by atoms with E-state index in [4.69, 9.17) is 5.73 Å². The molecule has 1 saturated carbocycles. The van der Waals surface area contributed by atoms with Crippen LogP contribution in [-0.4, -0.2) is 12.5 Å². The predicted molar refractivity (Wildman–Crippen MR) is 83.8 cm³/mol. The highest BCUT2D eigenvalue weighted by molar-refractivity contribution is 5.94. The molecule has 3 heteroatoms. The van der Waals surface area contributed by atoms with Gasteiger partial charge in [-0.1, -0.05) is 30.5 Å². The van der Waals surface area contributed by atoms with Crippen LogP contribution in [0.25, 0.3) is 0 Å². The van der Waals surface area contributed by atoms with E-state index in [1.165, 1.54) is 12.0 Å². The van der Waals surface area contributed by atoms with Crippen LogP contribution in [0, 0.1) is 32.6 Å². The summed E-state index contributed by atoms with van der Waals surface area (Å²) in [6, 6.07) is 4.23. The molecule has 0 saturated heterocycles. The smallest absolute Gasteiger partial charge is 0.227 e. The highest BCUT2D eigenvalue weighted by Crippen LogP contribution is 2.31. The molecule has 1 aromatic carbocycles. The Bertz CT molecular complexity index is 473. The van der Waals surface area contributed by atoms with Crippen molar-refractivity contribution in [2.75, 3.05) is 11.9 Å². The fourth-order valence-corrected chi connectivity index (χ4v) is 3.43. The van der Waals surface area contributed by atoms with Crippen LogP contribution in [0.15, 0.2) is 12.1 Å². The minimum atomic E-state index is 0.0776. The van der Waals surface area contributed by atoms with Crippen LogP contribution in [0.5, 0.6) is 0 Å². The van der Waals surface area contributed by atoms with E-state index >= 15 is 0 Å². The Morgan fingerprint density at radius 2 is 1.80 bits per heavy atom. The second-order valence-corrected chi connectivity index (χ2v) is 6.15. The number of aryl methyl sites for hydroxylation is 3. The molecule has 20 heavy (non-hydrogen) atoms. The van der Waals surface area contributed by atoms with E-state index in [0.29, 0.717) is 12.5 Å². The number of nitrogens with two attached hydrogens (primary N) is 1. The zero-order chi connectivity index (χ0) is 14.7. The molecule has 0 aromatic heterocycles. The quantitative estimate of drug-likeness (QED) is 0.888. The van der Waals surface area contributed by atoms with Crippen LogP contribution in [0.2, 0.25) is 0 Å². The van der Waals surface area contributed by atoms with Gasteiger partial charge in [0, 0.05) is 11.6 Å². The monoisotopic (exact) mass is 274 g/mol. The summed E-state index contributed by atoms with van der Waals surface area (Å²) in [6.07, 6.45) is 4.40. The second kappa shape index (κ2) is 6.40. The third kappa shape index (κ3) is 3.21. The standard InChI is InChI=1S/C17H26N2O/c1-11-8-12(2)16(13(3)9-11)19-17(20)15-7-5-4-6-14(15)10-18/h8-9,14-15H,4-7,10,18H2,1-3H3,(H,19,20). The number of carbonyl (C=O) groups excluding carboxylic acids is 1. The molecule has 1 aromatic rings. The molecule has 0 radical (unpaired) electrons. The molecule has 1 aliphatic rings. The molecular weight excluding hydrogens is 248 g/mol. The Balaban J connectivity index is 2.15. The van der Waals surface area contributed by atoms with E-state index in [0.717, 1.165) is 36.1 Å². The van der Waals surface area contributed by atoms with Crippen LogP contribution in [-0.2, 0) is 4.79 Å². The second-order valence-electron chi connectivity index (χ2n) is 6.15. The van der Waals surface area contributed by atoms with Gasteiger partial charge in [0.05, 0.1) is 0 Å². The van der Waals surface area contributed by atoms with Gasteiger partial charge in [-0.15, -0.1) is 0 Å². The third-order valence-electron chi connectivity index (χ3n) is 4.47. The van der Waals surface area contributed by atoms with E-state index in [1.807, 2.05) is 0 Å². The highest BCUT2D eigenvalue weighted by atomic mass is 16.1. The SMILES string of the molecule is Cc1cc(C)c(NC(=O)C2CCCCC2CN)c(C)c1. The van der Waals surface area contributed by atoms with Crippen LogP contribution in [0.1, 0.15) is 42.4 Å². The van der Waals surface area contributed by atoms with Gasteiger partial charge in [-0.05, 0) is 57.2 Å². The molecule has 1 fully saturated rings. The minimum Gasteiger partial charge on any atom is -0.330 e. The lowest BCUT2D eigenvalue weighted by Crippen LogP contribution is -2.35. The predicted octanol–water partition coefficient (Wildman–Crippen LogP) is 3.32. The first kappa shape index (κ1) is 15.0. The van der Waals surface area contributed by atoms with Gasteiger partial charge in [0.2, 0.25) is 5.91 Å². The average molecular weight is 274 g/mol. The van der Waals surface area contributed by atoms with Crippen LogP contribution in [0.4, 0.5) is 5.69 Å². The molecule has 0 bridgehead atoms. The lowest BCUT2D eigenvalue weighted by Gasteiger charge is -2.30. The van der Waals surface area contributed by atoms with Crippen molar-refractivity contribution in [3.8, 4) is 0 Å². The summed E-state index contributed by atoms with van der Waals surface area (Å²) in [4.78, 5) is 12.6. The maximum atomic E-state index is 12.6. The van der Waals surface area contributed by atoms with Gasteiger partial charge < -0.3 is 11.1 Å². The van der Waals surface area contributed by atoms with Gasteiger partial charge in [-0.3, -0.25) is 4.79 Å². The van der Waals surface area contributed by atoms with Gasteiger partial charge >= 0.3 is 0 Å². The average Bonchev–Trinajstić information content (AvgIpc) is 2.42. The van der Waals surface area contributed by atoms with E-state index in [-0.39, 0.29) is 11.8 Å². The van der Waals surface area contributed by atoms with Crippen molar-refractivity contribution in [1.82, 2.24) is 0 Å². The van der Waals surface area contributed by atoms with E-state index in [1.54, 1.807) is 0 Å². The maximum absolute atomic E-state index is 12.6. The summed E-state index contributed by atoms with van der Waals surface area (Å²) in [5.74, 6) is 0.568. The fraction of sp³-hybridized carbons (Fsp3) is 0.588. The number of nitrogens with one attached hydrogen (secondary N) is 1. The normalized spacial score (nSPS) is 22.6. The first-order chi connectivity index (χ1) is 9.52. The Kier molecular flexibility index (Phi) is 4.81. The lowest BCUT2D eigenvalue weighted by molar-refractivity contribution is -0.122. The number of rotatable bonds is 3. The molecule has 3 N–H and O–H groups in total. The van der Waals surface area contributed by atoms with Crippen molar-refractivity contribution in [3.63, 3.8) is 0 Å². The topological polar surface area (TPSA) is 55.1 Å². The first-order valence-electron chi connectivity index (χ1n) is 7.61. The summed E-state index contributed by atoms with van der Waals surface area (Å²) in [5, 5.41) is 3.15. The number of carbonyl (C=O) groups is 1. The molecule has 2 atom stereocenters. The number of benzene rings is 1. The zero-order valence-corrected chi connectivity index (χ0v) is 12.8. The van der Waals surface area contributed by atoms with Crippen molar-refractivity contribution in [3.05, 3.63) is 28.8 Å². The van der Waals surface area contributed by atoms with Gasteiger partial charge in [0.15, 0.2) is 0 Å². The molecule has 0 heterocycles. The molecule has 0 aliphatic heterocycles. The van der Waals surface area contributed by atoms with Crippen LogP contribution in [0.3, 0.4) is 0 Å². The Hall–Kier alpha value is -1.35. The minimum absolute atomic E-state index is 0.0776. The Morgan fingerprint density at radius 3 is 2.40 bits per heavy atom. The number of hydrogen-bond acceptors (Lipinski definition) is 2. The van der Waals surface area contributed by atoms with Crippen molar-refractivity contribution in [2.24, 2.45) is 17.6 Å². The maximum Gasteiger partial charge on any atom is 0.227 e. The number of anilines is 1. The van der Waals surface area contributed by atoms with Gasteiger partial charge in [-0.2, -0.15) is 0 Å². The Morgan fingerprint density at radius 1 is 1.20 bits per heavy atom. The number of hydrogen-bond donors (Lipinski definition) is 2. The molecule has 0 spiro atoms. The van der Waals surface area contributed by atoms with Crippen molar-refractivity contribution < 1.29 is 4.79 Å². The molecular formula is C17H26N2O. The molecule has 1 amide bonds. The van der Waals surface area contributed by atoms with Gasteiger partial charge in [-0.25, -0.2) is 0 Å². The molecule has 110 valence electrons. The molecule has 2 rings (SSSR count). The summed E-state index contributed by atoms with van der Waals surface area (Å²) < 4.78 is 0. The number of amides is 1. The van der Waals surface area contributed by atoms with Crippen molar-refractivity contribution >= 4 is 11.6 Å². The fourth-order valence-electron chi connectivity index (χ4n) is 3.43. The Labute approximate surface area is 121 Å². The first-order valence-corrected chi connectivity index (χ1v) is 7.61. The zero-order valence-electron chi connectivity index (χ0n) is 12.8. The summed E-state index contributed by atoms with van der Waals surface area (Å²) in [7, 11) is 0. The van der Waals surface area contributed by atoms with Crippen LogP contribution < -0.4 is 11.1 Å². The van der Waals surface area contributed by atoms with E-state index < -0.39 is 0 Å². The summed E-state index contributed by atoms with van der Waals surface area (Å²) >= 11 is 0. The van der Waals surface area contributed by atoms with Crippen LogP contribution >= 0.6 is 0 Å². The van der Waals surface area contributed by atoms with Gasteiger partial charge in [0.1, 0.15) is 0 Å². The molecule has 1 aliphatic carbocycles. The van der Waals surface area contributed by atoms with Gasteiger partial charge in [0.25, 0.3) is 0 Å². The van der Waals surface area contributed by atoms with Crippen molar-refractivity contribution in [2.45, 2.75) is 46.5 Å². The largest absolute Gasteiger partial charge is 0.330 e.